The Morgan fingerprint density at radius 2 is 2.11 bits per heavy atom. The van der Waals surface area contributed by atoms with Gasteiger partial charge in [0.15, 0.2) is 0 Å². The number of aliphatic hydroxyl groups is 1. The molecule has 0 aliphatic heterocycles. The summed E-state index contributed by atoms with van der Waals surface area (Å²) < 4.78 is 38.1. The molecule has 2 N–H and O–H groups in total. The third kappa shape index (κ3) is 3.59. The fourth-order valence-corrected chi connectivity index (χ4v) is 1.29. The van der Waals surface area contributed by atoms with Crippen molar-refractivity contribution in [2.75, 3.05) is 11.9 Å². The number of aliphatic hydroxyl groups excluding tert-OH is 1. The molecule has 0 saturated heterocycles. The summed E-state index contributed by atoms with van der Waals surface area (Å²) in [5.74, 6) is 0. The molecule has 1 rings (SSSR count). The summed E-state index contributed by atoms with van der Waals surface area (Å²) in [5.41, 5.74) is -2.06. The second kappa shape index (κ2) is 5.21. The van der Waals surface area contributed by atoms with E-state index in [-0.39, 0.29) is 12.2 Å². The van der Waals surface area contributed by atoms with E-state index < -0.39 is 28.5 Å². The van der Waals surface area contributed by atoms with Gasteiger partial charge in [0.05, 0.1) is 16.6 Å². The van der Waals surface area contributed by atoms with Crippen molar-refractivity contribution in [1.82, 2.24) is 0 Å². The number of nitrogens with zero attached hydrogens (tertiary/aromatic N) is 1. The van der Waals surface area contributed by atoms with Crippen LogP contribution in [0.4, 0.5) is 24.5 Å². The first kappa shape index (κ1) is 14.2. The highest BCUT2D eigenvalue weighted by Crippen LogP contribution is 2.36. The van der Waals surface area contributed by atoms with Crippen molar-refractivity contribution in [2.45, 2.75) is 19.2 Å². The number of halogens is 3. The predicted molar refractivity (Wildman–Crippen MR) is 58.3 cm³/mol. The maximum atomic E-state index is 12.7. The van der Waals surface area contributed by atoms with Crippen molar-refractivity contribution in [1.29, 1.82) is 0 Å². The molecule has 0 aliphatic rings. The second-order valence-electron chi connectivity index (χ2n) is 3.71. The molecule has 100 valence electrons. The van der Waals surface area contributed by atoms with E-state index >= 15 is 0 Å². The van der Waals surface area contributed by atoms with E-state index in [4.69, 9.17) is 5.11 Å². The molecule has 0 bridgehead atoms. The lowest BCUT2D eigenvalue weighted by atomic mass is 10.1. The molecule has 0 amide bonds. The Hall–Kier alpha value is -1.83. The quantitative estimate of drug-likeness (QED) is 0.646. The number of anilines is 1. The van der Waals surface area contributed by atoms with Gasteiger partial charge >= 0.3 is 6.18 Å². The summed E-state index contributed by atoms with van der Waals surface area (Å²) in [6.45, 7) is 1.33. The second-order valence-corrected chi connectivity index (χ2v) is 3.71. The smallest absolute Gasteiger partial charge is 0.392 e. The van der Waals surface area contributed by atoms with Gasteiger partial charge in [-0.2, -0.15) is 13.2 Å². The molecule has 0 aromatic heterocycles. The standard InChI is InChI=1S/C10H11F3N2O3/c1-6(16)5-14-9-3-2-7(15(17)18)4-8(9)10(11,12)13/h2-4,6,14,16H,5H2,1H3/t6-/m0/s1. The summed E-state index contributed by atoms with van der Waals surface area (Å²) >= 11 is 0. The number of nitro benzene ring substituents is 1. The largest absolute Gasteiger partial charge is 0.418 e. The van der Waals surface area contributed by atoms with Gasteiger partial charge in [0.25, 0.3) is 5.69 Å². The van der Waals surface area contributed by atoms with E-state index in [1.165, 1.54) is 6.92 Å². The van der Waals surface area contributed by atoms with Gasteiger partial charge < -0.3 is 10.4 Å². The molecule has 0 radical (unpaired) electrons. The molecular weight excluding hydrogens is 253 g/mol. The summed E-state index contributed by atoms with van der Waals surface area (Å²) in [6, 6.07) is 2.41. The molecule has 1 aromatic carbocycles. The van der Waals surface area contributed by atoms with Gasteiger partial charge in [0, 0.05) is 24.4 Å². The monoisotopic (exact) mass is 264 g/mol. The zero-order valence-electron chi connectivity index (χ0n) is 9.36. The molecular formula is C10H11F3N2O3. The zero-order valence-corrected chi connectivity index (χ0v) is 9.36. The topological polar surface area (TPSA) is 75.4 Å². The normalized spacial score (nSPS) is 13.2. The van der Waals surface area contributed by atoms with E-state index in [9.17, 15) is 23.3 Å². The third-order valence-corrected chi connectivity index (χ3v) is 2.11. The zero-order chi connectivity index (χ0) is 13.9. The average Bonchev–Trinajstić information content (AvgIpc) is 2.24. The number of alkyl halides is 3. The Kier molecular flexibility index (Phi) is 4.12. The minimum Gasteiger partial charge on any atom is -0.392 e. The van der Waals surface area contributed by atoms with Crippen LogP contribution in [0.15, 0.2) is 18.2 Å². The summed E-state index contributed by atoms with van der Waals surface area (Å²) in [7, 11) is 0. The summed E-state index contributed by atoms with van der Waals surface area (Å²) in [6.07, 6.45) is -5.53. The minimum absolute atomic E-state index is 0.0824. The fourth-order valence-electron chi connectivity index (χ4n) is 1.29. The number of rotatable bonds is 4. The first-order valence-corrected chi connectivity index (χ1v) is 4.99. The van der Waals surface area contributed by atoms with Crippen molar-refractivity contribution in [3.05, 3.63) is 33.9 Å². The van der Waals surface area contributed by atoms with Crippen LogP contribution in [0.3, 0.4) is 0 Å². The van der Waals surface area contributed by atoms with Crippen LogP contribution >= 0.6 is 0 Å². The number of nitro groups is 1. The van der Waals surface area contributed by atoms with Crippen LogP contribution in [-0.4, -0.2) is 22.7 Å². The Balaban J connectivity index is 3.13. The molecule has 18 heavy (non-hydrogen) atoms. The number of hydrogen-bond acceptors (Lipinski definition) is 4. The lowest BCUT2D eigenvalue weighted by molar-refractivity contribution is -0.385. The van der Waals surface area contributed by atoms with Gasteiger partial charge in [-0.3, -0.25) is 10.1 Å². The molecule has 0 spiro atoms. The summed E-state index contributed by atoms with van der Waals surface area (Å²) in [4.78, 5) is 9.54. The molecule has 8 heteroatoms. The van der Waals surface area contributed by atoms with Crippen LogP contribution in [-0.2, 0) is 6.18 Å². The van der Waals surface area contributed by atoms with E-state index in [1.54, 1.807) is 0 Å². The number of benzene rings is 1. The van der Waals surface area contributed by atoms with Gasteiger partial charge in [0.2, 0.25) is 0 Å². The Bertz CT molecular complexity index is 446. The van der Waals surface area contributed by atoms with Crippen molar-refractivity contribution in [3.8, 4) is 0 Å². The minimum atomic E-state index is -4.70. The fraction of sp³-hybridized carbons (Fsp3) is 0.400. The van der Waals surface area contributed by atoms with Crippen LogP contribution in [0, 0.1) is 10.1 Å². The molecule has 0 unspecified atom stereocenters. The van der Waals surface area contributed by atoms with Crippen LogP contribution in [0.5, 0.6) is 0 Å². The van der Waals surface area contributed by atoms with Crippen molar-refractivity contribution >= 4 is 11.4 Å². The van der Waals surface area contributed by atoms with Crippen LogP contribution < -0.4 is 5.32 Å². The van der Waals surface area contributed by atoms with E-state index in [2.05, 4.69) is 5.32 Å². The van der Waals surface area contributed by atoms with Gasteiger partial charge in [-0.15, -0.1) is 0 Å². The number of hydrogen-bond donors (Lipinski definition) is 2. The van der Waals surface area contributed by atoms with E-state index in [0.717, 1.165) is 12.1 Å². The lowest BCUT2D eigenvalue weighted by Gasteiger charge is -2.15. The maximum Gasteiger partial charge on any atom is 0.418 e. The van der Waals surface area contributed by atoms with Crippen molar-refractivity contribution in [2.24, 2.45) is 0 Å². The number of non-ortho nitro benzene ring substituents is 1. The highest BCUT2D eigenvalue weighted by Gasteiger charge is 2.35. The third-order valence-electron chi connectivity index (χ3n) is 2.11. The van der Waals surface area contributed by atoms with Crippen LogP contribution in [0.1, 0.15) is 12.5 Å². The SMILES string of the molecule is C[C@H](O)CNc1ccc([N+](=O)[O-])cc1C(F)(F)F. The first-order chi connectivity index (χ1) is 8.21. The molecule has 1 atom stereocenters. The molecule has 0 aliphatic carbocycles. The molecule has 0 saturated carbocycles. The maximum absolute atomic E-state index is 12.7. The Morgan fingerprint density at radius 1 is 1.50 bits per heavy atom. The average molecular weight is 264 g/mol. The van der Waals surface area contributed by atoms with Crippen LogP contribution in [0.25, 0.3) is 0 Å². The predicted octanol–water partition coefficient (Wildman–Crippen LogP) is 2.41. The van der Waals surface area contributed by atoms with Gasteiger partial charge in [-0.05, 0) is 13.0 Å². The van der Waals surface area contributed by atoms with Crippen molar-refractivity contribution in [3.63, 3.8) is 0 Å². The van der Waals surface area contributed by atoms with Gasteiger partial charge in [-0.25, -0.2) is 0 Å². The van der Waals surface area contributed by atoms with Gasteiger partial charge in [0.1, 0.15) is 0 Å². The summed E-state index contributed by atoms with van der Waals surface area (Å²) in [5, 5.41) is 21.8. The first-order valence-electron chi connectivity index (χ1n) is 4.99. The number of nitrogens with one attached hydrogen (secondary N) is 1. The molecule has 1 aromatic rings. The lowest BCUT2D eigenvalue weighted by Crippen LogP contribution is -2.18. The Labute approximate surface area is 100 Å². The van der Waals surface area contributed by atoms with Crippen molar-refractivity contribution < 1.29 is 23.2 Å². The van der Waals surface area contributed by atoms with Gasteiger partial charge in [-0.1, -0.05) is 0 Å². The molecule has 0 heterocycles. The molecule has 5 nitrogen and oxygen atoms in total. The van der Waals surface area contributed by atoms with E-state index in [0.29, 0.717) is 6.07 Å². The van der Waals surface area contributed by atoms with E-state index in [1.807, 2.05) is 0 Å². The highest BCUT2D eigenvalue weighted by molar-refractivity contribution is 5.57. The highest BCUT2D eigenvalue weighted by atomic mass is 19.4. The van der Waals surface area contributed by atoms with Crippen LogP contribution in [0.2, 0.25) is 0 Å². The Morgan fingerprint density at radius 3 is 2.56 bits per heavy atom. The molecule has 0 fully saturated rings.